The van der Waals surface area contributed by atoms with E-state index >= 15 is 0 Å². The van der Waals surface area contributed by atoms with Gasteiger partial charge >= 0.3 is 29.6 Å². The summed E-state index contributed by atoms with van der Waals surface area (Å²) < 4.78 is 0. The number of phenols is 2. The van der Waals surface area contributed by atoms with Crippen molar-refractivity contribution in [3.8, 4) is 11.5 Å². The number of aromatic hydroxyl groups is 2. The second-order valence-corrected chi connectivity index (χ2v) is 4.60. The van der Waals surface area contributed by atoms with Crippen LogP contribution < -0.4 is 29.6 Å². The number of phenolic OH excluding ortho intramolecular Hbond substituents is 2. The van der Waals surface area contributed by atoms with Crippen LogP contribution in [-0.2, 0) is 6.42 Å². The van der Waals surface area contributed by atoms with Crippen molar-refractivity contribution < 1.29 is 41.2 Å². The Kier molecular flexibility index (Phi) is 5.83. The number of halogens is 2. The number of hydrogen-bond donors (Lipinski definition) is 2. The van der Waals surface area contributed by atoms with Crippen LogP contribution in [0.25, 0.3) is 0 Å². The minimum absolute atomic E-state index is 0. The third-order valence-corrected chi connectivity index (χ3v) is 2.93. The molecule has 0 aliphatic carbocycles. The molecule has 0 heterocycles. The fraction of sp³-hybridized carbons (Fsp3) is 0.0769. The van der Waals surface area contributed by atoms with Gasteiger partial charge in [0.25, 0.3) is 0 Å². The Morgan fingerprint density at radius 1 is 0.833 bits per heavy atom. The van der Waals surface area contributed by atoms with Crippen LogP contribution in [-0.4, -0.2) is 10.2 Å². The van der Waals surface area contributed by atoms with Gasteiger partial charge in [0.15, 0.2) is 0 Å². The average molecular weight is 293 g/mol. The summed E-state index contributed by atoms with van der Waals surface area (Å²) in [5.41, 5.74) is 1.30. The van der Waals surface area contributed by atoms with Crippen molar-refractivity contribution in [2.45, 2.75) is 6.42 Å². The van der Waals surface area contributed by atoms with E-state index in [-0.39, 0.29) is 42.5 Å². The van der Waals surface area contributed by atoms with E-state index in [1.54, 1.807) is 24.3 Å². The van der Waals surface area contributed by atoms with Gasteiger partial charge in [-0.25, -0.2) is 0 Å². The number of hydrogen-bond acceptors (Lipinski definition) is 2. The van der Waals surface area contributed by atoms with E-state index in [0.717, 1.165) is 0 Å². The third kappa shape index (κ3) is 3.81. The molecule has 90 valence electrons. The van der Waals surface area contributed by atoms with E-state index < -0.39 is 0 Å². The topological polar surface area (TPSA) is 40.5 Å². The van der Waals surface area contributed by atoms with Crippen molar-refractivity contribution in [2.24, 2.45) is 0 Å². The van der Waals surface area contributed by atoms with E-state index in [2.05, 4.69) is 0 Å². The fourth-order valence-corrected chi connectivity index (χ4v) is 1.99. The van der Waals surface area contributed by atoms with Crippen LogP contribution in [0.3, 0.4) is 0 Å². The molecule has 0 aliphatic rings. The standard InChI is InChI=1S/C13H10Cl2O2.Na.H/c14-10-1-3-12(16)8(6-10)5-9-7-11(15)2-4-13(9)17;;/h1-4,6-7,16-17H,5H2;;/q;+1;-1. The van der Waals surface area contributed by atoms with Gasteiger partial charge in [0.05, 0.1) is 0 Å². The first-order chi connectivity index (χ1) is 8.06. The molecule has 2 aromatic carbocycles. The Morgan fingerprint density at radius 2 is 1.22 bits per heavy atom. The van der Waals surface area contributed by atoms with E-state index in [9.17, 15) is 10.2 Å². The normalized spacial score (nSPS) is 9.89. The van der Waals surface area contributed by atoms with E-state index in [4.69, 9.17) is 23.2 Å². The maximum absolute atomic E-state index is 9.68. The summed E-state index contributed by atoms with van der Waals surface area (Å²) in [4.78, 5) is 0. The number of rotatable bonds is 2. The smallest absolute Gasteiger partial charge is 1.00 e. The molecule has 18 heavy (non-hydrogen) atoms. The average Bonchev–Trinajstić information content (AvgIpc) is 2.28. The van der Waals surface area contributed by atoms with Gasteiger partial charge in [0.2, 0.25) is 0 Å². The van der Waals surface area contributed by atoms with Crippen LogP contribution in [0.15, 0.2) is 36.4 Å². The second-order valence-electron chi connectivity index (χ2n) is 3.72. The minimum Gasteiger partial charge on any atom is -1.00 e. The zero-order valence-electron chi connectivity index (χ0n) is 10.8. The summed E-state index contributed by atoms with van der Waals surface area (Å²) >= 11 is 11.7. The first kappa shape index (κ1) is 15.7. The molecule has 2 nitrogen and oxygen atoms in total. The Balaban J connectivity index is 0.00000162. The molecule has 2 N–H and O–H groups in total. The first-order valence-electron chi connectivity index (χ1n) is 5.01. The summed E-state index contributed by atoms with van der Waals surface area (Å²) in [5.74, 6) is 0.294. The summed E-state index contributed by atoms with van der Waals surface area (Å²) in [5, 5.41) is 20.4. The molecule has 0 bridgehead atoms. The molecule has 0 fully saturated rings. The van der Waals surface area contributed by atoms with Crippen LogP contribution >= 0.6 is 23.2 Å². The van der Waals surface area contributed by atoms with Gasteiger partial charge in [-0.2, -0.15) is 0 Å². The molecule has 0 aromatic heterocycles. The van der Waals surface area contributed by atoms with E-state index in [0.29, 0.717) is 27.6 Å². The van der Waals surface area contributed by atoms with Crippen LogP contribution in [0.4, 0.5) is 0 Å². The fourth-order valence-electron chi connectivity index (χ4n) is 1.60. The quantitative estimate of drug-likeness (QED) is 0.814. The van der Waals surface area contributed by atoms with Crippen LogP contribution in [0.5, 0.6) is 11.5 Å². The van der Waals surface area contributed by atoms with Gasteiger partial charge in [-0.3, -0.25) is 0 Å². The molecular weight excluding hydrogens is 282 g/mol. The van der Waals surface area contributed by atoms with Crippen LogP contribution in [0.2, 0.25) is 10.0 Å². The van der Waals surface area contributed by atoms with Gasteiger partial charge < -0.3 is 11.6 Å². The largest absolute Gasteiger partial charge is 1.00 e. The Morgan fingerprint density at radius 3 is 1.61 bits per heavy atom. The van der Waals surface area contributed by atoms with Crippen LogP contribution in [0, 0.1) is 0 Å². The van der Waals surface area contributed by atoms with Crippen molar-refractivity contribution >= 4 is 23.2 Å². The van der Waals surface area contributed by atoms with Crippen molar-refractivity contribution in [2.75, 3.05) is 0 Å². The first-order valence-corrected chi connectivity index (χ1v) is 5.76. The summed E-state index contributed by atoms with van der Waals surface area (Å²) in [6.45, 7) is 0. The number of benzene rings is 2. The maximum atomic E-state index is 9.68. The summed E-state index contributed by atoms with van der Waals surface area (Å²) in [7, 11) is 0. The Bertz CT molecular complexity index is 515. The zero-order valence-corrected chi connectivity index (χ0v) is 13.3. The minimum atomic E-state index is 0. The van der Waals surface area contributed by atoms with Gasteiger partial charge in [-0.1, -0.05) is 23.2 Å². The predicted molar refractivity (Wildman–Crippen MR) is 70.2 cm³/mol. The van der Waals surface area contributed by atoms with Crippen molar-refractivity contribution in [1.82, 2.24) is 0 Å². The molecule has 0 unspecified atom stereocenters. The molecule has 0 aliphatic heterocycles. The molecular formula is C13H11Cl2NaO2. The third-order valence-electron chi connectivity index (χ3n) is 2.46. The van der Waals surface area contributed by atoms with Crippen molar-refractivity contribution in [3.63, 3.8) is 0 Å². The maximum Gasteiger partial charge on any atom is 1.00 e. The Labute approximate surface area is 139 Å². The van der Waals surface area contributed by atoms with Crippen LogP contribution in [0.1, 0.15) is 12.6 Å². The van der Waals surface area contributed by atoms with Gasteiger partial charge in [0.1, 0.15) is 11.5 Å². The molecule has 2 aromatic rings. The molecule has 0 saturated carbocycles. The SMILES string of the molecule is Oc1ccc(Cl)cc1Cc1cc(Cl)ccc1O.[H-].[Na+]. The van der Waals surface area contributed by atoms with Crippen molar-refractivity contribution in [1.29, 1.82) is 0 Å². The molecule has 0 amide bonds. The van der Waals surface area contributed by atoms with Gasteiger partial charge in [-0.05, 0) is 47.5 Å². The summed E-state index contributed by atoms with van der Waals surface area (Å²) in [6, 6.07) is 9.60. The predicted octanol–water partition coefficient (Wildman–Crippen LogP) is 1.11. The monoisotopic (exact) mass is 292 g/mol. The van der Waals surface area contributed by atoms with Crippen molar-refractivity contribution in [3.05, 3.63) is 57.6 Å². The van der Waals surface area contributed by atoms with E-state index in [1.807, 2.05) is 0 Å². The molecule has 5 heteroatoms. The molecule has 0 saturated heterocycles. The molecule has 2 rings (SSSR count). The second kappa shape index (κ2) is 6.69. The zero-order chi connectivity index (χ0) is 12.4. The molecule has 0 radical (unpaired) electrons. The van der Waals surface area contributed by atoms with Gasteiger partial charge in [-0.15, -0.1) is 0 Å². The summed E-state index contributed by atoms with van der Waals surface area (Å²) in [6.07, 6.45) is 0.374. The molecule has 0 atom stereocenters. The molecule has 0 spiro atoms. The van der Waals surface area contributed by atoms with E-state index in [1.165, 1.54) is 12.1 Å². The van der Waals surface area contributed by atoms with Gasteiger partial charge in [0, 0.05) is 16.5 Å². The Hall–Kier alpha value is -0.380.